The number of carbonyl (C=O) groups excluding carboxylic acids is 2. The maximum Gasteiger partial charge on any atom is 0.417 e. The van der Waals surface area contributed by atoms with Crippen molar-refractivity contribution in [3.05, 3.63) is 85.8 Å². The summed E-state index contributed by atoms with van der Waals surface area (Å²) in [5.41, 5.74) is -0.677. The predicted molar refractivity (Wildman–Crippen MR) is 104 cm³/mol. The highest BCUT2D eigenvalue weighted by Gasteiger charge is 2.37. The fourth-order valence-corrected chi connectivity index (χ4v) is 4.38. The van der Waals surface area contributed by atoms with E-state index in [-0.39, 0.29) is 21.8 Å². The lowest BCUT2D eigenvalue weighted by Gasteiger charge is -2.18. The van der Waals surface area contributed by atoms with Gasteiger partial charge in [-0.25, -0.2) is 4.39 Å². The SMILES string of the molecule is O=C(Nc1cccc2c1C(c1cc(F)ccc1Cl)NC2=O)c1cscc1C(F)(F)F. The van der Waals surface area contributed by atoms with E-state index in [4.69, 9.17) is 11.6 Å². The predicted octanol–water partition coefficient (Wildman–Crippen LogP) is 5.64. The lowest BCUT2D eigenvalue weighted by molar-refractivity contribution is -0.137. The lowest BCUT2D eigenvalue weighted by Crippen LogP contribution is -2.21. The molecule has 154 valence electrons. The molecule has 0 spiro atoms. The van der Waals surface area contributed by atoms with E-state index in [1.54, 1.807) is 0 Å². The minimum atomic E-state index is -4.68. The van der Waals surface area contributed by atoms with Crippen LogP contribution in [0, 0.1) is 5.82 Å². The van der Waals surface area contributed by atoms with Crippen LogP contribution in [0.5, 0.6) is 0 Å². The van der Waals surface area contributed by atoms with Crippen LogP contribution in [0.25, 0.3) is 0 Å². The minimum Gasteiger partial charge on any atom is -0.341 e. The zero-order valence-electron chi connectivity index (χ0n) is 14.8. The topological polar surface area (TPSA) is 58.2 Å². The number of halogens is 5. The number of nitrogens with one attached hydrogen (secondary N) is 2. The Kier molecular flexibility index (Phi) is 5.03. The molecule has 0 saturated heterocycles. The Hall–Kier alpha value is -2.91. The Morgan fingerprint density at radius 1 is 1.17 bits per heavy atom. The molecule has 0 saturated carbocycles. The first kappa shape index (κ1) is 20.4. The second-order valence-electron chi connectivity index (χ2n) is 6.49. The quantitative estimate of drug-likeness (QED) is 0.503. The van der Waals surface area contributed by atoms with Crippen molar-refractivity contribution in [1.82, 2.24) is 5.32 Å². The molecule has 0 aliphatic carbocycles. The highest BCUT2D eigenvalue weighted by atomic mass is 35.5. The Labute approximate surface area is 176 Å². The van der Waals surface area contributed by atoms with Crippen LogP contribution in [-0.2, 0) is 6.18 Å². The van der Waals surface area contributed by atoms with Gasteiger partial charge in [0, 0.05) is 38.2 Å². The third kappa shape index (κ3) is 3.54. The summed E-state index contributed by atoms with van der Waals surface area (Å²) in [5, 5.41) is 7.26. The van der Waals surface area contributed by atoms with E-state index in [0.29, 0.717) is 5.56 Å². The van der Waals surface area contributed by atoms with Crippen LogP contribution in [0.4, 0.5) is 23.2 Å². The number of rotatable bonds is 3. The van der Waals surface area contributed by atoms with Crippen molar-refractivity contribution < 1.29 is 27.2 Å². The van der Waals surface area contributed by atoms with E-state index < -0.39 is 41.0 Å². The van der Waals surface area contributed by atoms with Crippen LogP contribution in [0.15, 0.2) is 47.2 Å². The number of alkyl halides is 3. The molecule has 3 aromatic rings. The van der Waals surface area contributed by atoms with Gasteiger partial charge in [-0.3, -0.25) is 9.59 Å². The molecular formula is C20H11ClF4N2O2S. The summed E-state index contributed by atoms with van der Waals surface area (Å²) in [7, 11) is 0. The number of hydrogen-bond acceptors (Lipinski definition) is 3. The van der Waals surface area contributed by atoms with Crippen LogP contribution < -0.4 is 10.6 Å². The van der Waals surface area contributed by atoms with E-state index >= 15 is 0 Å². The number of benzene rings is 2. The fourth-order valence-electron chi connectivity index (χ4n) is 3.32. The minimum absolute atomic E-state index is 0.125. The molecule has 1 aliphatic rings. The zero-order valence-corrected chi connectivity index (χ0v) is 16.4. The van der Waals surface area contributed by atoms with Crippen molar-refractivity contribution in [2.75, 3.05) is 5.32 Å². The summed E-state index contributed by atoms with van der Waals surface area (Å²) < 4.78 is 53.2. The monoisotopic (exact) mass is 454 g/mol. The normalized spacial score (nSPS) is 15.6. The van der Waals surface area contributed by atoms with E-state index in [1.165, 1.54) is 24.3 Å². The Morgan fingerprint density at radius 2 is 1.93 bits per heavy atom. The first-order valence-corrected chi connectivity index (χ1v) is 9.82. The summed E-state index contributed by atoms with van der Waals surface area (Å²) in [6, 6.07) is 7.21. The molecule has 30 heavy (non-hydrogen) atoms. The van der Waals surface area contributed by atoms with Crippen LogP contribution >= 0.6 is 22.9 Å². The molecule has 4 rings (SSSR count). The smallest absolute Gasteiger partial charge is 0.341 e. The molecule has 0 fully saturated rings. The van der Waals surface area contributed by atoms with Gasteiger partial charge in [-0.2, -0.15) is 24.5 Å². The zero-order chi connectivity index (χ0) is 21.6. The van der Waals surface area contributed by atoms with Crippen LogP contribution in [0.1, 0.15) is 43.4 Å². The number of carbonyl (C=O) groups is 2. The van der Waals surface area contributed by atoms with E-state index in [2.05, 4.69) is 10.6 Å². The largest absolute Gasteiger partial charge is 0.417 e. The number of fused-ring (bicyclic) bond motifs is 1. The van der Waals surface area contributed by atoms with Gasteiger partial charge in [0.25, 0.3) is 11.8 Å². The molecular weight excluding hydrogens is 444 g/mol. The molecule has 2 N–H and O–H groups in total. The van der Waals surface area contributed by atoms with Gasteiger partial charge in [0.1, 0.15) is 5.82 Å². The van der Waals surface area contributed by atoms with Crippen LogP contribution in [-0.4, -0.2) is 11.8 Å². The Bertz CT molecular complexity index is 1180. The molecule has 4 nitrogen and oxygen atoms in total. The molecule has 2 aromatic carbocycles. The molecule has 1 unspecified atom stereocenters. The first-order chi connectivity index (χ1) is 14.2. The van der Waals surface area contributed by atoms with E-state index in [9.17, 15) is 27.2 Å². The van der Waals surface area contributed by atoms with Crippen molar-refractivity contribution >= 4 is 40.4 Å². The standard InChI is InChI=1S/C20H11ClF4N2O2S/c21-14-5-4-9(22)6-11(14)17-16-10(18(28)27-17)2-1-3-15(16)26-19(29)12-7-30-8-13(12)20(23,24)25/h1-8,17H,(H,26,29)(H,27,28). The fraction of sp³-hybridized carbons (Fsp3) is 0.100. The molecule has 10 heteroatoms. The van der Waals surface area contributed by atoms with Gasteiger partial charge in [-0.05, 0) is 30.3 Å². The molecule has 1 aliphatic heterocycles. The highest BCUT2D eigenvalue weighted by molar-refractivity contribution is 7.08. The number of anilines is 1. The van der Waals surface area contributed by atoms with Crippen molar-refractivity contribution in [1.29, 1.82) is 0 Å². The van der Waals surface area contributed by atoms with Crippen molar-refractivity contribution in [3.63, 3.8) is 0 Å². The molecule has 1 aromatic heterocycles. The maximum absolute atomic E-state index is 13.8. The van der Waals surface area contributed by atoms with Crippen molar-refractivity contribution in [2.45, 2.75) is 12.2 Å². The number of hydrogen-bond donors (Lipinski definition) is 2. The van der Waals surface area contributed by atoms with Gasteiger partial charge in [0.05, 0.1) is 17.2 Å². The first-order valence-electron chi connectivity index (χ1n) is 8.50. The third-order valence-corrected chi connectivity index (χ3v) is 5.73. The molecule has 2 amide bonds. The van der Waals surface area contributed by atoms with Crippen LogP contribution in [0.2, 0.25) is 5.02 Å². The average Bonchev–Trinajstić information content (AvgIpc) is 3.30. The van der Waals surface area contributed by atoms with Gasteiger partial charge in [0.15, 0.2) is 0 Å². The summed E-state index contributed by atoms with van der Waals surface area (Å²) in [6.07, 6.45) is -4.68. The Balaban J connectivity index is 1.76. The van der Waals surface area contributed by atoms with Crippen molar-refractivity contribution in [2.24, 2.45) is 0 Å². The summed E-state index contributed by atoms with van der Waals surface area (Å²) in [4.78, 5) is 25.0. The van der Waals surface area contributed by atoms with E-state index in [1.807, 2.05) is 0 Å². The lowest BCUT2D eigenvalue weighted by atomic mass is 9.96. The molecule has 1 atom stereocenters. The average molecular weight is 455 g/mol. The number of amides is 2. The summed E-state index contributed by atoms with van der Waals surface area (Å²) in [5.74, 6) is -2.02. The second-order valence-corrected chi connectivity index (χ2v) is 7.64. The highest BCUT2D eigenvalue weighted by Crippen LogP contribution is 2.40. The Morgan fingerprint density at radius 3 is 2.67 bits per heavy atom. The van der Waals surface area contributed by atoms with Gasteiger partial charge < -0.3 is 10.6 Å². The van der Waals surface area contributed by atoms with Gasteiger partial charge >= 0.3 is 6.18 Å². The van der Waals surface area contributed by atoms with Gasteiger partial charge in [-0.15, -0.1) is 0 Å². The second kappa shape index (κ2) is 7.41. The third-order valence-electron chi connectivity index (χ3n) is 4.64. The summed E-state index contributed by atoms with van der Waals surface area (Å²) in [6.45, 7) is 0. The van der Waals surface area contributed by atoms with Gasteiger partial charge in [0.2, 0.25) is 0 Å². The van der Waals surface area contributed by atoms with Crippen LogP contribution in [0.3, 0.4) is 0 Å². The van der Waals surface area contributed by atoms with Crippen molar-refractivity contribution in [3.8, 4) is 0 Å². The van der Waals surface area contributed by atoms with E-state index in [0.717, 1.165) is 34.2 Å². The molecule has 0 bridgehead atoms. The summed E-state index contributed by atoms with van der Waals surface area (Å²) >= 11 is 6.92. The maximum atomic E-state index is 13.8. The number of thiophene rings is 1. The van der Waals surface area contributed by atoms with Gasteiger partial charge in [-0.1, -0.05) is 17.7 Å². The molecule has 2 heterocycles. The molecule has 0 radical (unpaired) electrons.